The van der Waals surface area contributed by atoms with Crippen LogP contribution in [0, 0.1) is 13.8 Å². The number of hydrogen-bond acceptors (Lipinski definition) is 6. The molecule has 0 aliphatic carbocycles. The SMILES string of the molecule is CCOC(=O)c1ccc(Nc2cc(-n3nc(C)cc3C)nc(-c3ccccc3)n2)cc1. The Labute approximate surface area is 180 Å². The van der Waals surface area contributed by atoms with Crippen LogP contribution in [0.15, 0.2) is 66.7 Å². The number of benzene rings is 2. The molecule has 0 saturated heterocycles. The zero-order valence-electron chi connectivity index (χ0n) is 17.7. The van der Waals surface area contributed by atoms with Crippen LogP contribution in [0.5, 0.6) is 0 Å². The van der Waals surface area contributed by atoms with Crippen molar-refractivity contribution in [2.24, 2.45) is 0 Å². The Balaban J connectivity index is 1.70. The maximum absolute atomic E-state index is 11.9. The van der Waals surface area contributed by atoms with Gasteiger partial charge in [0, 0.05) is 23.0 Å². The topological polar surface area (TPSA) is 81.9 Å². The van der Waals surface area contributed by atoms with Crippen molar-refractivity contribution in [1.82, 2.24) is 19.7 Å². The quantitative estimate of drug-likeness (QED) is 0.454. The van der Waals surface area contributed by atoms with Gasteiger partial charge in [-0.2, -0.15) is 5.10 Å². The van der Waals surface area contributed by atoms with Gasteiger partial charge in [0.05, 0.1) is 17.9 Å². The van der Waals surface area contributed by atoms with Crippen molar-refractivity contribution in [3.05, 3.63) is 83.7 Å². The first-order chi connectivity index (χ1) is 15.0. The molecule has 0 fully saturated rings. The van der Waals surface area contributed by atoms with E-state index in [9.17, 15) is 4.79 Å². The number of ether oxygens (including phenoxy) is 1. The summed E-state index contributed by atoms with van der Waals surface area (Å²) in [6, 6.07) is 20.7. The summed E-state index contributed by atoms with van der Waals surface area (Å²) in [4.78, 5) is 21.3. The van der Waals surface area contributed by atoms with Crippen molar-refractivity contribution in [2.75, 3.05) is 11.9 Å². The predicted octanol–water partition coefficient (Wildman–Crippen LogP) is 4.87. The van der Waals surface area contributed by atoms with Gasteiger partial charge >= 0.3 is 5.97 Å². The van der Waals surface area contributed by atoms with E-state index in [1.165, 1.54) is 0 Å². The molecule has 0 aliphatic heterocycles. The van der Waals surface area contributed by atoms with E-state index in [0.717, 1.165) is 22.6 Å². The Bertz CT molecular complexity index is 1200. The summed E-state index contributed by atoms with van der Waals surface area (Å²) in [7, 11) is 0. The Hall–Kier alpha value is -4.00. The molecule has 2 heterocycles. The van der Waals surface area contributed by atoms with Crippen molar-refractivity contribution in [2.45, 2.75) is 20.8 Å². The van der Waals surface area contributed by atoms with E-state index in [4.69, 9.17) is 14.7 Å². The van der Waals surface area contributed by atoms with Crippen molar-refractivity contribution in [3.63, 3.8) is 0 Å². The summed E-state index contributed by atoms with van der Waals surface area (Å²) in [6.45, 7) is 6.07. The van der Waals surface area contributed by atoms with Gasteiger partial charge in [-0.1, -0.05) is 30.3 Å². The van der Waals surface area contributed by atoms with Crippen molar-refractivity contribution in [3.8, 4) is 17.2 Å². The average molecular weight is 413 g/mol. The van der Waals surface area contributed by atoms with E-state index in [0.29, 0.717) is 29.6 Å². The Morgan fingerprint density at radius 1 is 1.00 bits per heavy atom. The largest absolute Gasteiger partial charge is 0.462 e. The number of nitrogens with zero attached hydrogens (tertiary/aromatic N) is 4. The minimum atomic E-state index is -0.339. The highest BCUT2D eigenvalue weighted by molar-refractivity contribution is 5.89. The van der Waals surface area contributed by atoms with E-state index < -0.39 is 0 Å². The lowest BCUT2D eigenvalue weighted by Crippen LogP contribution is -2.07. The molecule has 0 unspecified atom stereocenters. The Kier molecular flexibility index (Phi) is 5.75. The molecule has 0 amide bonds. The van der Waals surface area contributed by atoms with Crippen LogP contribution >= 0.6 is 0 Å². The lowest BCUT2D eigenvalue weighted by molar-refractivity contribution is 0.0526. The highest BCUT2D eigenvalue weighted by Gasteiger charge is 2.12. The number of aromatic nitrogens is 4. The summed E-state index contributed by atoms with van der Waals surface area (Å²) >= 11 is 0. The number of rotatable bonds is 6. The molecular formula is C24H23N5O2. The zero-order valence-corrected chi connectivity index (χ0v) is 17.7. The number of anilines is 2. The third-order valence-corrected chi connectivity index (χ3v) is 4.64. The second-order valence-corrected chi connectivity index (χ2v) is 7.06. The van der Waals surface area contributed by atoms with Crippen LogP contribution < -0.4 is 5.32 Å². The molecule has 31 heavy (non-hydrogen) atoms. The van der Waals surface area contributed by atoms with Crippen molar-refractivity contribution in [1.29, 1.82) is 0 Å². The van der Waals surface area contributed by atoms with Crippen LogP contribution in [0.4, 0.5) is 11.5 Å². The molecule has 7 nitrogen and oxygen atoms in total. The van der Waals surface area contributed by atoms with E-state index in [1.54, 1.807) is 23.7 Å². The normalized spacial score (nSPS) is 10.7. The zero-order chi connectivity index (χ0) is 21.8. The molecule has 7 heteroatoms. The van der Waals surface area contributed by atoms with Crippen LogP contribution in [-0.2, 0) is 4.74 Å². The highest BCUT2D eigenvalue weighted by Crippen LogP contribution is 2.23. The molecule has 156 valence electrons. The van der Waals surface area contributed by atoms with Gasteiger partial charge in [0.25, 0.3) is 0 Å². The second kappa shape index (κ2) is 8.79. The first-order valence-corrected chi connectivity index (χ1v) is 10.1. The van der Waals surface area contributed by atoms with Gasteiger partial charge in [0.1, 0.15) is 5.82 Å². The third kappa shape index (κ3) is 4.61. The number of carbonyl (C=O) groups excluding carboxylic acids is 1. The molecule has 0 aliphatic rings. The summed E-state index contributed by atoms with van der Waals surface area (Å²) in [5.41, 5.74) is 4.11. The average Bonchev–Trinajstić information content (AvgIpc) is 3.13. The molecule has 0 atom stereocenters. The maximum atomic E-state index is 11.9. The lowest BCUT2D eigenvalue weighted by Gasteiger charge is -2.12. The summed E-state index contributed by atoms with van der Waals surface area (Å²) < 4.78 is 6.84. The first kappa shape index (κ1) is 20.3. The fourth-order valence-corrected chi connectivity index (χ4v) is 3.24. The molecule has 4 rings (SSSR count). The van der Waals surface area contributed by atoms with Crippen LogP contribution in [0.3, 0.4) is 0 Å². The van der Waals surface area contributed by atoms with Gasteiger partial charge in [-0.25, -0.2) is 19.4 Å². The van der Waals surface area contributed by atoms with Gasteiger partial charge in [-0.15, -0.1) is 0 Å². The molecule has 0 saturated carbocycles. The number of carbonyl (C=O) groups is 1. The number of esters is 1. The molecule has 0 bridgehead atoms. The van der Waals surface area contributed by atoms with Gasteiger partial charge < -0.3 is 10.1 Å². The number of aryl methyl sites for hydroxylation is 2. The fourth-order valence-electron chi connectivity index (χ4n) is 3.24. The maximum Gasteiger partial charge on any atom is 0.338 e. The molecular weight excluding hydrogens is 390 g/mol. The summed E-state index contributed by atoms with van der Waals surface area (Å²) in [5.74, 6) is 1.55. The second-order valence-electron chi connectivity index (χ2n) is 7.06. The van der Waals surface area contributed by atoms with Gasteiger partial charge in [-0.3, -0.25) is 0 Å². The van der Waals surface area contributed by atoms with E-state index in [1.807, 2.05) is 68.4 Å². The van der Waals surface area contributed by atoms with Gasteiger partial charge in [0.15, 0.2) is 11.6 Å². The molecule has 0 radical (unpaired) electrons. The van der Waals surface area contributed by atoms with Crippen molar-refractivity contribution >= 4 is 17.5 Å². The van der Waals surface area contributed by atoms with Crippen LogP contribution in [0.1, 0.15) is 28.7 Å². The number of nitrogens with one attached hydrogen (secondary N) is 1. The Morgan fingerprint density at radius 3 is 2.39 bits per heavy atom. The predicted molar refractivity (Wildman–Crippen MR) is 120 cm³/mol. The molecule has 0 spiro atoms. The summed E-state index contributed by atoms with van der Waals surface area (Å²) in [6.07, 6.45) is 0. The van der Waals surface area contributed by atoms with E-state index >= 15 is 0 Å². The van der Waals surface area contributed by atoms with Crippen LogP contribution in [0.25, 0.3) is 17.2 Å². The van der Waals surface area contributed by atoms with Crippen LogP contribution in [-0.4, -0.2) is 32.3 Å². The minimum absolute atomic E-state index is 0.339. The standard InChI is InChI=1S/C24H23N5O2/c1-4-31-24(30)19-10-12-20(13-11-19)25-21-15-22(29-17(3)14-16(2)28-29)27-23(26-21)18-8-6-5-7-9-18/h5-15H,4H2,1-3H3,(H,25,26,27). The van der Waals surface area contributed by atoms with Gasteiger partial charge in [0.2, 0.25) is 0 Å². The molecule has 2 aromatic heterocycles. The first-order valence-electron chi connectivity index (χ1n) is 10.1. The van der Waals surface area contributed by atoms with Gasteiger partial charge in [-0.05, 0) is 51.1 Å². The molecule has 2 aromatic carbocycles. The van der Waals surface area contributed by atoms with E-state index in [2.05, 4.69) is 10.4 Å². The monoisotopic (exact) mass is 413 g/mol. The van der Waals surface area contributed by atoms with E-state index in [-0.39, 0.29) is 5.97 Å². The highest BCUT2D eigenvalue weighted by atomic mass is 16.5. The minimum Gasteiger partial charge on any atom is -0.462 e. The fraction of sp³-hybridized carbons (Fsp3) is 0.167. The number of hydrogen-bond donors (Lipinski definition) is 1. The molecule has 1 N–H and O–H groups in total. The molecule has 4 aromatic rings. The van der Waals surface area contributed by atoms with Crippen molar-refractivity contribution < 1.29 is 9.53 Å². The summed E-state index contributed by atoms with van der Waals surface area (Å²) in [5, 5.41) is 7.86. The smallest absolute Gasteiger partial charge is 0.338 e. The third-order valence-electron chi connectivity index (χ3n) is 4.64. The van der Waals surface area contributed by atoms with Crippen LogP contribution in [0.2, 0.25) is 0 Å². The lowest BCUT2D eigenvalue weighted by atomic mass is 10.2. The Morgan fingerprint density at radius 2 is 1.74 bits per heavy atom.